The number of nitrogens with zero attached hydrogens (tertiary/aromatic N) is 1. The van der Waals surface area contributed by atoms with Crippen molar-refractivity contribution in [2.75, 3.05) is 5.32 Å². The number of anilines is 1. The van der Waals surface area contributed by atoms with Gasteiger partial charge in [0, 0.05) is 34.2 Å². The van der Waals surface area contributed by atoms with Crippen molar-refractivity contribution in [3.63, 3.8) is 0 Å². The van der Waals surface area contributed by atoms with Crippen LogP contribution in [-0.4, -0.2) is 15.9 Å². The Morgan fingerprint density at radius 1 is 1.10 bits per heavy atom. The first-order valence-electron chi connectivity index (χ1n) is 9.68. The molecule has 5 heteroatoms. The van der Waals surface area contributed by atoms with Crippen molar-refractivity contribution in [1.82, 2.24) is 9.97 Å². The number of carbonyl (C=O) groups excluding carboxylic acids is 1. The molecule has 0 saturated carbocycles. The Hall–Kier alpha value is -3.11. The van der Waals surface area contributed by atoms with E-state index >= 15 is 0 Å². The molecule has 29 heavy (non-hydrogen) atoms. The van der Waals surface area contributed by atoms with E-state index in [-0.39, 0.29) is 5.91 Å². The highest BCUT2D eigenvalue weighted by atomic mass is 35.5. The van der Waals surface area contributed by atoms with E-state index in [1.807, 2.05) is 30.3 Å². The summed E-state index contributed by atoms with van der Waals surface area (Å²) < 4.78 is 0. The Balaban J connectivity index is 1.51. The summed E-state index contributed by atoms with van der Waals surface area (Å²) in [5.41, 5.74) is 6.23. The Kier molecular flexibility index (Phi) is 5.63. The SMILES string of the molecule is Cc1ccc2[nH]c(-c3ccccn3)c(CCCC(=O)Nc3ccc(Cl)cc3)c2c1. The number of amides is 1. The molecule has 0 spiro atoms. The maximum atomic E-state index is 12.3. The number of fused-ring (bicyclic) bond motifs is 1. The zero-order valence-corrected chi connectivity index (χ0v) is 17.0. The second-order valence-electron chi connectivity index (χ2n) is 7.15. The average Bonchev–Trinajstić information content (AvgIpc) is 3.08. The van der Waals surface area contributed by atoms with Gasteiger partial charge in [-0.15, -0.1) is 0 Å². The third-order valence-electron chi connectivity index (χ3n) is 4.94. The lowest BCUT2D eigenvalue weighted by atomic mass is 10.0. The molecule has 0 aliphatic heterocycles. The monoisotopic (exact) mass is 403 g/mol. The predicted molar refractivity (Wildman–Crippen MR) is 119 cm³/mol. The van der Waals surface area contributed by atoms with Crippen LogP contribution in [0.5, 0.6) is 0 Å². The van der Waals surface area contributed by atoms with Gasteiger partial charge in [0.25, 0.3) is 0 Å². The second kappa shape index (κ2) is 8.50. The van der Waals surface area contributed by atoms with Crippen LogP contribution in [0.4, 0.5) is 5.69 Å². The number of aromatic amines is 1. The summed E-state index contributed by atoms with van der Waals surface area (Å²) in [6, 6.07) is 19.5. The van der Waals surface area contributed by atoms with E-state index in [0.717, 1.165) is 35.4 Å². The van der Waals surface area contributed by atoms with E-state index in [1.54, 1.807) is 18.3 Å². The number of H-pyrrole nitrogens is 1. The Labute approximate surface area is 174 Å². The lowest BCUT2D eigenvalue weighted by molar-refractivity contribution is -0.116. The zero-order chi connectivity index (χ0) is 20.2. The Morgan fingerprint density at radius 3 is 2.69 bits per heavy atom. The fourth-order valence-corrected chi connectivity index (χ4v) is 3.66. The largest absolute Gasteiger partial charge is 0.353 e. The normalized spacial score (nSPS) is 11.0. The van der Waals surface area contributed by atoms with Gasteiger partial charge in [0.05, 0.1) is 11.4 Å². The minimum Gasteiger partial charge on any atom is -0.353 e. The van der Waals surface area contributed by atoms with Crippen molar-refractivity contribution in [2.24, 2.45) is 0 Å². The summed E-state index contributed by atoms with van der Waals surface area (Å²) in [5, 5.41) is 4.77. The summed E-state index contributed by atoms with van der Waals surface area (Å²) in [4.78, 5) is 20.4. The first-order chi connectivity index (χ1) is 14.1. The first-order valence-corrected chi connectivity index (χ1v) is 10.1. The van der Waals surface area contributed by atoms with Gasteiger partial charge >= 0.3 is 0 Å². The van der Waals surface area contributed by atoms with Crippen LogP contribution in [0.25, 0.3) is 22.3 Å². The van der Waals surface area contributed by atoms with Crippen molar-refractivity contribution in [3.8, 4) is 11.4 Å². The number of hydrogen-bond acceptors (Lipinski definition) is 2. The van der Waals surface area contributed by atoms with E-state index in [2.05, 4.69) is 40.4 Å². The number of hydrogen-bond donors (Lipinski definition) is 2. The van der Waals surface area contributed by atoms with Gasteiger partial charge in [-0.3, -0.25) is 9.78 Å². The van der Waals surface area contributed by atoms with Crippen LogP contribution in [0.3, 0.4) is 0 Å². The van der Waals surface area contributed by atoms with Gasteiger partial charge in [-0.05, 0) is 73.9 Å². The van der Waals surface area contributed by atoms with Crippen molar-refractivity contribution in [3.05, 3.63) is 83.0 Å². The summed E-state index contributed by atoms with van der Waals surface area (Å²) in [6.45, 7) is 2.09. The number of halogens is 1. The molecule has 0 radical (unpaired) electrons. The number of aromatic nitrogens is 2. The maximum absolute atomic E-state index is 12.3. The van der Waals surface area contributed by atoms with Crippen LogP contribution in [0.2, 0.25) is 5.02 Å². The summed E-state index contributed by atoms with van der Waals surface area (Å²) in [5.74, 6) is 0.00253. The van der Waals surface area contributed by atoms with Gasteiger partial charge < -0.3 is 10.3 Å². The molecule has 2 aromatic heterocycles. The molecule has 0 atom stereocenters. The van der Waals surface area contributed by atoms with Gasteiger partial charge in [-0.25, -0.2) is 0 Å². The third kappa shape index (κ3) is 4.49. The average molecular weight is 404 g/mol. The fraction of sp³-hybridized carbons (Fsp3) is 0.167. The first kappa shape index (κ1) is 19.2. The molecule has 0 fully saturated rings. The van der Waals surface area contributed by atoms with Crippen molar-refractivity contribution in [1.29, 1.82) is 0 Å². The van der Waals surface area contributed by atoms with Crippen LogP contribution in [0, 0.1) is 6.92 Å². The van der Waals surface area contributed by atoms with Gasteiger partial charge in [-0.2, -0.15) is 0 Å². The maximum Gasteiger partial charge on any atom is 0.224 e. The summed E-state index contributed by atoms with van der Waals surface area (Å²) in [6.07, 6.45) is 3.79. The van der Waals surface area contributed by atoms with E-state index in [0.29, 0.717) is 11.4 Å². The summed E-state index contributed by atoms with van der Waals surface area (Å²) >= 11 is 5.89. The van der Waals surface area contributed by atoms with Gasteiger partial charge in [0.1, 0.15) is 0 Å². The van der Waals surface area contributed by atoms with Crippen molar-refractivity contribution < 1.29 is 4.79 Å². The predicted octanol–water partition coefficient (Wildman–Crippen LogP) is 6.15. The van der Waals surface area contributed by atoms with Crippen LogP contribution in [0.1, 0.15) is 24.0 Å². The topological polar surface area (TPSA) is 57.8 Å². The molecule has 0 bridgehead atoms. The molecule has 4 nitrogen and oxygen atoms in total. The van der Waals surface area contributed by atoms with Gasteiger partial charge in [-0.1, -0.05) is 29.3 Å². The molecule has 2 aromatic carbocycles. The number of carbonyl (C=O) groups is 1. The van der Waals surface area contributed by atoms with Crippen LogP contribution < -0.4 is 5.32 Å². The zero-order valence-electron chi connectivity index (χ0n) is 16.2. The third-order valence-corrected chi connectivity index (χ3v) is 5.19. The molecular weight excluding hydrogens is 382 g/mol. The number of pyridine rings is 1. The molecule has 4 aromatic rings. The quantitative estimate of drug-likeness (QED) is 0.405. The van der Waals surface area contributed by atoms with Crippen LogP contribution in [0.15, 0.2) is 66.9 Å². The summed E-state index contributed by atoms with van der Waals surface area (Å²) in [7, 11) is 0. The smallest absolute Gasteiger partial charge is 0.224 e. The highest BCUT2D eigenvalue weighted by molar-refractivity contribution is 6.30. The second-order valence-corrected chi connectivity index (χ2v) is 7.59. The van der Waals surface area contributed by atoms with Crippen molar-refractivity contribution >= 4 is 34.1 Å². The molecule has 1 amide bonds. The van der Waals surface area contributed by atoms with Gasteiger partial charge in [0.2, 0.25) is 5.91 Å². The number of rotatable bonds is 6. The van der Waals surface area contributed by atoms with Crippen LogP contribution in [-0.2, 0) is 11.2 Å². The molecule has 4 rings (SSSR count). The number of benzene rings is 2. The minimum atomic E-state index is 0.00253. The molecular formula is C24H22ClN3O. The lowest BCUT2D eigenvalue weighted by Gasteiger charge is -2.07. The Bertz CT molecular complexity index is 1130. The van der Waals surface area contributed by atoms with E-state index in [9.17, 15) is 4.79 Å². The molecule has 146 valence electrons. The van der Waals surface area contributed by atoms with E-state index in [1.165, 1.54) is 16.5 Å². The number of nitrogens with one attached hydrogen (secondary N) is 2. The molecule has 2 heterocycles. The van der Waals surface area contributed by atoms with Crippen LogP contribution >= 0.6 is 11.6 Å². The molecule has 0 saturated heterocycles. The minimum absolute atomic E-state index is 0.00253. The van der Waals surface area contributed by atoms with E-state index in [4.69, 9.17) is 11.6 Å². The molecule has 0 aliphatic rings. The highest BCUT2D eigenvalue weighted by Crippen LogP contribution is 2.31. The highest BCUT2D eigenvalue weighted by Gasteiger charge is 2.14. The Morgan fingerprint density at radius 2 is 1.93 bits per heavy atom. The van der Waals surface area contributed by atoms with E-state index < -0.39 is 0 Å². The lowest BCUT2D eigenvalue weighted by Crippen LogP contribution is -2.11. The van der Waals surface area contributed by atoms with Gasteiger partial charge in [0.15, 0.2) is 0 Å². The van der Waals surface area contributed by atoms with Crippen molar-refractivity contribution in [2.45, 2.75) is 26.2 Å². The molecule has 0 unspecified atom stereocenters. The fourth-order valence-electron chi connectivity index (χ4n) is 3.53. The molecule has 2 N–H and O–H groups in total. The standard InChI is InChI=1S/C24H22ClN3O/c1-16-8-13-21-20(15-16)19(24(28-21)22-6-2-3-14-26-22)5-4-7-23(29)27-18-11-9-17(25)10-12-18/h2-3,6,8-15,28H,4-5,7H2,1H3,(H,27,29). The number of aryl methyl sites for hydroxylation is 2. The molecule has 0 aliphatic carbocycles.